The van der Waals surface area contributed by atoms with Crippen LogP contribution in [-0.2, 0) is 0 Å². The molecule has 12 heteroatoms. The number of carbonyl (C=O) groups excluding carboxylic acids is 1. The second-order valence-corrected chi connectivity index (χ2v) is 11.6. The minimum Gasteiger partial charge on any atom is -0.315 e. The number of pyridine rings is 2. The molecule has 8 rings (SSSR count). The fourth-order valence-corrected chi connectivity index (χ4v) is 6.79. The Balaban J connectivity index is 1.21. The quantitative estimate of drug-likeness (QED) is 0.272. The molecule has 1 atom stereocenters. The molecule has 7 aromatic rings. The fourth-order valence-electron chi connectivity index (χ4n) is 5.75. The lowest BCUT2D eigenvalue weighted by molar-refractivity contribution is 0.0968. The van der Waals surface area contributed by atoms with Gasteiger partial charge < -0.3 is 5.32 Å². The van der Waals surface area contributed by atoms with Crippen LogP contribution in [0, 0.1) is 5.82 Å². The van der Waals surface area contributed by atoms with Crippen LogP contribution in [0.4, 0.5) is 10.2 Å². The molecule has 0 unspecified atom stereocenters. The van der Waals surface area contributed by atoms with E-state index in [9.17, 15) is 4.79 Å². The van der Waals surface area contributed by atoms with Gasteiger partial charge in [0.15, 0.2) is 5.65 Å². The third kappa shape index (κ3) is 4.42. The highest BCUT2D eigenvalue weighted by atomic mass is 32.1. The molecule has 0 radical (unpaired) electrons. The molecule has 1 saturated heterocycles. The summed E-state index contributed by atoms with van der Waals surface area (Å²) < 4.78 is 18.3. The normalized spacial score (nSPS) is 15.4. The van der Waals surface area contributed by atoms with Gasteiger partial charge in [-0.15, -0.1) is 16.4 Å². The van der Waals surface area contributed by atoms with Gasteiger partial charge in [0.2, 0.25) is 0 Å². The van der Waals surface area contributed by atoms with Gasteiger partial charge >= 0.3 is 0 Å². The molecule has 212 valence electrons. The summed E-state index contributed by atoms with van der Waals surface area (Å²) >= 11 is 1.63. The highest BCUT2D eigenvalue weighted by Gasteiger charge is 2.32. The summed E-state index contributed by atoms with van der Waals surface area (Å²) in [5.74, 6) is -0.563. The number of aromatic nitrogens is 7. The minimum absolute atomic E-state index is 0.0358. The molecule has 2 N–H and O–H groups in total. The smallest absolute Gasteiger partial charge is 0.262 e. The van der Waals surface area contributed by atoms with Crippen LogP contribution in [0.5, 0.6) is 0 Å². The van der Waals surface area contributed by atoms with E-state index in [-0.39, 0.29) is 11.6 Å². The van der Waals surface area contributed by atoms with Crippen LogP contribution in [0.2, 0.25) is 0 Å². The van der Waals surface area contributed by atoms with E-state index in [0.29, 0.717) is 29.2 Å². The molecule has 43 heavy (non-hydrogen) atoms. The van der Waals surface area contributed by atoms with Crippen LogP contribution >= 0.6 is 11.3 Å². The van der Waals surface area contributed by atoms with E-state index in [1.54, 1.807) is 53.0 Å². The molecule has 0 bridgehead atoms. The van der Waals surface area contributed by atoms with Crippen molar-refractivity contribution in [2.45, 2.75) is 18.9 Å². The number of aromatic amines is 1. The summed E-state index contributed by atoms with van der Waals surface area (Å²) in [5, 5.41) is 20.6. The number of benzene rings is 2. The maximum atomic E-state index is 15.8. The Kier molecular flexibility index (Phi) is 6.16. The number of anilines is 1. The van der Waals surface area contributed by atoms with Crippen LogP contribution in [0.1, 0.15) is 23.2 Å². The number of hydrogen-bond acceptors (Lipinski definition) is 8. The lowest BCUT2D eigenvalue weighted by Crippen LogP contribution is -2.49. The molecular weight excluding hydrogens is 565 g/mol. The predicted molar refractivity (Wildman–Crippen MR) is 164 cm³/mol. The number of nitrogens with one attached hydrogen (secondary N) is 2. The Hall–Kier alpha value is -5.07. The molecule has 1 amide bonds. The number of piperidine rings is 1. The molecule has 1 fully saturated rings. The molecule has 0 aliphatic carbocycles. The van der Waals surface area contributed by atoms with Crippen molar-refractivity contribution >= 4 is 55.2 Å². The molecule has 1 aliphatic rings. The van der Waals surface area contributed by atoms with Crippen LogP contribution in [0.15, 0.2) is 79.3 Å². The van der Waals surface area contributed by atoms with Gasteiger partial charge in [0.25, 0.3) is 5.91 Å². The second kappa shape index (κ2) is 10.3. The first-order chi connectivity index (χ1) is 21.1. The molecule has 5 aromatic heterocycles. The first-order valence-corrected chi connectivity index (χ1v) is 14.8. The van der Waals surface area contributed by atoms with Crippen LogP contribution in [0.3, 0.4) is 0 Å². The zero-order valence-corrected chi connectivity index (χ0v) is 23.6. The summed E-state index contributed by atoms with van der Waals surface area (Å²) in [7, 11) is 0. The highest BCUT2D eigenvalue weighted by Crippen LogP contribution is 2.39. The Labute approximate surface area is 248 Å². The Morgan fingerprint density at radius 2 is 2.02 bits per heavy atom. The number of rotatable bonds is 5. The molecule has 6 heterocycles. The van der Waals surface area contributed by atoms with Gasteiger partial charge in [0.1, 0.15) is 17.2 Å². The minimum atomic E-state index is -0.651. The van der Waals surface area contributed by atoms with Gasteiger partial charge in [-0.1, -0.05) is 11.3 Å². The van der Waals surface area contributed by atoms with Crippen LogP contribution < -0.4 is 10.2 Å². The first-order valence-electron chi connectivity index (χ1n) is 14.0. The largest absolute Gasteiger partial charge is 0.315 e. The van der Waals surface area contributed by atoms with Gasteiger partial charge in [0.05, 0.1) is 29.0 Å². The Morgan fingerprint density at radius 1 is 1.07 bits per heavy atom. The molecule has 1 aliphatic heterocycles. The van der Waals surface area contributed by atoms with Gasteiger partial charge in [-0.25, -0.2) is 14.4 Å². The molecule has 2 aromatic carbocycles. The molecular formula is C31H24FN9OS. The topological polar surface area (TPSA) is 118 Å². The maximum Gasteiger partial charge on any atom is 0.262 e. The number of nitrogens with zero attached hydrogens (tertiary/aromatic N) is 7. The maximum absolute atomic E-state index is 15.8. The van der Waals surface area contributed by atoms with Crippen molar-refractivity contribution < 1.29 is 9.18 Å². The summed E-state index contributed by atoms with van der Waals surface area (Å²) in [4.78, 5) is 26.0. The number of hydrogen-bond donors (Lipinski definition) is 2. The number of thiophene rings is 1. The Bertz CT molecular complexity index is 2150. The monoisotopic (exact) mass is 589 g/mol. The van der Waals surface area contributed by atoms with Gasteiger partial charge in [-0.3, -0.25) is 14.8 Å². The summed E-state index contributed by atoms with van der Waals surface area (Å²) in [6.07, 6.45) is 6.83. The van der Waals surface area contributed by atoms with Crippen molar-refractivity contribution in [3.8, 4) is 16.1 Å². The van der Waals surface area contributed by atoms with E-state index in [4.69, 9.17) is 4.98 Å². The summed E-state index contributed by atoms with van der Waals surface area (Å²) in [6.45, 7) is 1.46. The van der Waals surface area contributed by atoms with E-state index in [2.05, 4.69) is 49.0 Å². The van der Waals surface area contributed by atoms with Crippen LogP contribution in [0.25, 0.3) is 48.3 Å². The zero-order valence-electron chi connectivity index (χ0n) is 22.7. The number of amides is 1. The van der Waals surface area contributed by atoms with Crippen molar-refractivity contribution in [2.75, 3.05) is 18.0 Å². The SMILES string of the molecule is O=C(c1ccc(-n2nnc3cccnc32)cc1F)N(c1nccc2sc(-c3ccc4[nH]ncc4c3)cc12)[C@@H]1CCCNC1. The molecule has 10 nitrogen and oxygen atoms in total. The van der Waals surface area contributed by atoms with Crippen molar-refractivity contribution in [1.82, 2.24) is 40.5 Å². The summed E-state index contributed by atoms with van der Waals surface area (Å²) in [5.41, 5.74) is 3.51. The van der Waals surface area contributed by atoms with Gasteiger partial charge in [0, 0.05) is 45.4 Å². The summed E-state index contributed by atoms with van der Waals surface area (Å²) in [6, 6.07) is 18.0. The number of halogens is 1. The first kappa shape index (κ1) is 25.6. The average Bonchev–Trinajstić information content (AvgIpc) is 3.80. The second-order valence-electron chi connectivity index (χ2n) is 10.5. The van der Waals surface area contributed by atoms with Gasteiger partial charge in [-0.05, 0) is 73.5 Å². The van der Waals surface area contributed by atoms with E-state index < -0.39 is 11.7 Å². The van der Waals surface area contributed by atoms with Crippen LogP contribution in [-0.4, -0.2) is 60.2 Å². The van der Waals surface area contributed by atoms with E-state index in [1.807, 2.05) is 12.1 Å². The fraction of sp³-hybridized carbons (Fsp3) is 0.161. The third-order valence-corrected chi connectivity index (χ3v) is 9.02. The van der Waals surface area contributed by atoms with Crippen molar-refractivity contribution in [1.29, 1.82) is 0 Å². The molecule has 0 spiro atoms. The highest BCUT2D eigenvalue weighted by molar-refractivity contribution is 7.22. The lowest BCUT2D eigenvalue weighted by Gasteiger charge is -2.34. The van der Waals surface area contributed by atoms with Crippen molar-refractivity contribution in [2.24, 2.45) is 0 Å². The van der Waals surface area contributed by atoms with E-state index >= 15 is 4.39 Å². The number of carbonyl (C=O) groups is 1. The van der Waals surface area contributed by atoms with E-state index in [1.165, 1.54) is 16.8 Å². The number of fused-ring (bicyclic) bond motifs is 3. The van der Waals surface area contributed by atoms with E-state index in [0.717, 1.165) is 50.8 Å². The number of H-pyrrole nitrogens is 1. The third-order valence-electron chi connectivity index (χ3n) is 7.87. The molecule has 0 saturated carbocycles. The average molecular weight is 590 g/mol. The lowest BCUT2D eigenvalue weighted by atomic mass is 10.0. The Morgan fingerprint density at radius 3 is 2.91 bits per heavy atom. The zero-order chi connectivity index (χ0) is 28.9. The van der Waals surface area contributed by atoms with Crippen molar-refractivity contribution in [3.05, 3.63) is 90.6 Å². The van der Waals surface area contributed by atoms with Crippen molar-refractivity contribution in [3.63, 3.8) is 0 Å². The van der Waals surface area contributed by atoms with Gasteiger partial charge in [-0.2, -0.15) is 9.78 Å². The predicted octanol–water partition coefficient (Wildman–Crippen LogP) is 5.51. The standard InChI is InChI=1S/C31H24FN9OS/c32-24-14-20(41-30-26(38-39-41)4-2-11-34-30)6-7-22(24)31(42)40(21-3-1-10-33-17-21)29-23-15-28(43-27(23)9-12-35-29)18-5-8-25-19(13-18)16-36-37-25/h2,4-9,11-16,21,33H,1,3,10,17H2,(H,36,37)/t21-/m1/s1.